The summed E-state index contributed by atoms with van der Waals surface area (Å²) >= 11 is 2.45. The number of benzene rings is 7. The summed E-state index contributed by atoms with van der Waals surface area (Å²) in [7, 11) is 0. The van der Waals surface area contributed by atoms with Gasteiger partial charge in [-0.3, -0.25) is 0 Å². The van der Waals surface area contributed by atoms with E-state index in [1.807, 2.05) is 20.8 Å². The first-order chi connectivity index (χ1) is 25.8. The van der Waals surface area contributed by atoms with Crippen LogP contribution in [0, 0.1) is 3.57 Å². The highest BCUT2D eigenvalue weighted by Crippen LogP contribution is 2.43. The molecule has 7 aromatic carbocycles. The summed E-state index contributed by atoms with van der Waals surface area (Å²) in [6.07, 6.45) is -0.404. The fraction of sp³-hybridized carbons (Fsp3) is 0.0851. The van der Waals surface area contributed by atoms with Gasteiger partial charge in [0.15, 0.2) is 0 Å². The van der Waals surface area contributed by atoms with E-state index in [0.717, 1.165) is 66.4 Å². The van der Waals surface area contributed by atoms with E-state index in [9.17, 15) is 4.79 Å². The van der Waals surface area contributed by atoms with E-state index in [1.54, 1.807) is 4.57 Å². The minimum atomic E-state index is -0.685. The highest BCUT2D eigenvalue weighted by Gasteiger charge is 2.26. The second-order valence-electron chi connectivity index (χ2n) is 14.6. The Balaban J connectivity index is 1.29. The molecule has 0 unspecified atom stereocenters. The van der Waals surface area contributed by atoms with Crippen LogP contribution in [-0.2, 0) is 4.74 Å². The van der Waals surface area contributed by atoms with Gasteiger partial charge in [0.05, 0.1) is 38.8 Å². The number of carbonyl (C=O) groups excluding carboxylic acids is 1. The van der Waals surface area contributed by atoms with Gasteiger partial charge in [-0.15, -0.1) is 0 Å². The predicted molar refractivity (Wildman–Crippen MR) is 228 cm³/mol. The van der Waals surface area contributed by atoms with Gasteiger partial charge in [0, 0.05) is 52.7 Å². The average Bonchev–Trinajstić information content (AvgIpc) is 3.80. The van der Waals surface area contributed by atoms with Crippen LogP contribution in [0.3, 0.4) is 0 Å². The molecule has 0 aliphatic carbocycles. The Bertz CT molecular complexity index is 3070. The van der Waals surface area contributed by atoms with Gasteiger partial charge in [-0.1, -0.05) is 103 Å². The summed E-state index contributed by atoms with van der Waals surface area (Å²) in [5.74, 6) is 0. The normalized spacial score (nSPS) is 12.2. The van der Waals surface area contributed by atoms with Crippen LogP contribution in [0.4, 0.5) is 4.79 Å². The maximum absolute atomic E-state index is 14.4. The summed E-state index contributed by atoms with van der Waals surface area (Å²) in [5, 5.41) is 6.79. The minimum absolute atomic E-state index is 0.404. The molecule has 10 aromatic rings. The number of hydrogen-bond donors (Lipinski definition) is 0. The van der Waals surface area contributed by atoms with Crippen LogP contribution in [0.1, 0.15) is 20.8 Å². The first kappa shape index (κ1) is 31.8. The number of ether oxygens (including phenoxy) is 1. The third-order valence-corrected chi connectivity index (χ3v) is 11.1. The summed E-state index contributed by atoms with van der Waals surface area (Å²) in [5.41, 5.74) is 9.56. The van der Waals surface area contributed by atoms with Crippen molar-refractivity contribution in [1.29, 1.82) is 0 Å². The Morgan fingerprint density at radius 3 is 1.72 bits per heavy atom. The molecule has 0 saturated heterocycles. The van der Waals surface area contributed by atoms with Crippen molar-refractivity contribution in [1.82, 2.24) is 13.7 Å². The first-order valence-electron chi connectivity index (χ1n) is 17.8. The molecular weight excluding hydrogens is 765 g/mol. The SMILES string of the molecule is CC(C)(C)OC(=O)n1c2ccc(-n3c4ccccc4c4ccccc43)cc2c2cccc(-c3ccccc3-n3c4ccccc4c4cccc(I)c43)c21. The number of nitrogens with zero attached hydrogens (tertiary/aromatic N) is 3. The molecular formula is C47H34IN3O2. The van der Waals surface area contributed by atoms with E-state index in [1.165, 1.54) is 25.1 Å². The Hall–Kier alpha value is -5.86. The largest absolute Gasteiger partial charge is 0.443 e. The number of rotatable bonds is 3. The summed E-state index contributed by atoms with van der Waals surface area (Å²) in [4.78, 5) is 14.4. The predicted octanol–water partition coefficient (Wildman–Crippen LogP) is 13.0. The molecule has 53 heavy (non-hydrogen) atoms. The zero-order chi connectivity index (χ0) is 36.0. The van der Waals surface area contributed by atoms with Crippen LogP contribution >= 0.6 is 22.6 Å². The Labute approximate surface area is 319 Å². The van der Waals surface area contributed by atoms with Gasteiger partial charge >= 0.3 is 6.09 Å². The Morgan fingerprint density at radius 1 is 0.509 bits per heavy atom. The van der Waals surface area contributed by atoms with Crippen molar-refractivity contribution in [2.75, 3.05) is 0 Å². The second-order valence-corrected chi connectivity index (χ2v) is 15.8. The van der Waals surface area contributed by atoms with Crippen LogP contribution in [0.5, 0.6) is 0 Å². The van der Waals surface area contributed by atoms with Gasteiger partial charge in [0.1, 0.15) is 5.60 Å². The van der Waals surface area contributed by atoms with Crippen molar-refractivity contribution < 1.29 is 9.53 Å². The van der Waals surface area contributed by atoms with Crippen LogP contribution in [0.25, 0.3) is 87.9 Å². The number of aromatic nitrogens is 3. The minimum Gasteiger partial charge on any atom is -0.443 e. The number of hydrogen-bond acceptors (Lipinski definition) is 2. The monoisotopic (exact) mass is 799 g/mol. The second kappa shape index (κ2) is 11.8. The van der Waals surface area contributed by atoms with Crippen molar-refractivity contribution in [2.45, 2.75) is 26.4 Å². The van der Waals surface area contributed by atoms with E-state index in [2.05, 4.69) is 183 Å². The topological polar surface area (TPSA) is 41.1 Å². The Morgan fingerprint density at radius 2 is 1.04 bits per heavy atom. The summed E-state index contributed by atoms with van der Waals surface area (Å²) in [6, 6.07) is 53.5. The lowest BCUT2D eigenvalue weighted by atomic mass is 10.00. The van der Waals surface area contributed by atoms with Crippen LogP contribution in [0.15, 0.2) is 152 Å². The molecule has 3 aromatic heterocycles. The van der Waals surface area contributed by atoms with Gasteiger partial charge in [0.2, 0.25) is 0 Å². The van der Waals surface area contributed by atoms with Crippen molar-refractivity contribution in [2.24, 2.45) is 0 Å². The third-order valence-electron chi connectivity index (χ3n) is 10.3. The van der Waals surface area contributed by atoms with Gasteiger partial charge in [0.25, 0.3) is 0 Å². The quantitative estimate of drug-likeness (QED) is 0.167. The maximum Gasteiger partial charge on any atom is 0.419 e. The van der Waals surface area contributed by atoms with Crippen molar-refractivity contribution in [3.63, 3.8) is 0 Å². The molecule has 0 amide bonds. The van der Waals surface area contributed by atoms with Crippen LogP contribution < -0.4 is 0 Å². The van der Waals surface area contributed by atoms with E-state index in [-0.39, 0.29) is 0 Å². The molecule has 0 saturated carbocycles. The average molecular weight is 800 g/mol. The summed E-state index contributed by atoms with van der Waals surface area (Å²) in [6.45, 7) is 5.75. The standard InChI is InChI=1S/C47H34IN3O2/c1-47(2,3)53-46(52)51-43-27-26-29(49-39-22-8-4-14-30(39)31-15-5-9-23-40(31)49)28-37(43)36-19-12-18-34(44(36)51)32-16-6-10-24-41(32)50-42-25-11-7-17-33(42)35-20-13-21-38(48)45(35)50/h4-28H,1-3H3. The number of fused-ring (bicyclic) bond motifs is 9. The number of carbonyl (C=O) groups is 1. The molecule has 3 heterocycles. The summed E-state index contributed by atoms with van der Waals surface area (Å²) < 4.78 is 13.8. The molecule has 0 N–H and O–H groups in total. The van der Waals surface area contributed by atoms with E-state index in [0.29, 0.717) is 0 Å². The van der Waals surface area contributed by atoms with E-state index < -0.39 is 11.7 Å². The molecule has 256 valence electrons. The molecule has 0 atom stereocenters. The molecule has 0 spiro atoms. The highest BCUT2D eigenvalue weighted by atomic mass is 127. The highest BCUT2D eigenvalue weighted by molar-refractivity contribution is 14.1. The molecule has 0 radical (unpaired) electrons. The van der Waals surface area contributed by atoms with Crippen molar-refractivity contribution >= 4 is 94.1 Å². The fourth-order valence-corrected chi connectivity index (χ4v) is 8.97. The first-order valence-corrected chi connectivity index (χ1v) is 18.9. The van der Waals surface area contributed by atoms with E-state index in [4.69, 9.17) is 4.74 Å². The lowest BCUT2D eigenvalue weighted by Crippen LogP contribution is -2.27. The Kier molecular flexibility index (Phi) is 7.11. The lowest BCUT2D eigenvalue weighted by molar-refractivity contribution is 0.0551. The van der Waals surface area contributed by atoms with Gasteiger partial charge in [-0.25, -0.2) is 9.36 Å². The van der Waals surface area contributed by atoms with Crippen molar-refractivity contribution in [3.8, 4) is 22.5 Å². The van der Waals surface area contributed by atoms with E-state index >= 15 is 0 Å². The fourth-order valence-electron chi connectivity index (χ4n) is 8.23. The molecule has 0 aliphatic rings. The van der Waals surface area contributed by atoms with Crippen LogP contribution in [-0.4, -0.2) is 25.4 Å². The zero-order valence-corrected chi connectivity index (χ0v) is 31.6. The lowest BCUT2D eigenvalue weighted by Gasteiger charge is -2.21. The third kappa shape index (κ3) is 4.85. The molecule has 6 heteroatoms. The van der Waals surface area contributed by atoms with Gasteiger partial charge in [-0.05, 0) is 91.9 Å². The zero-order valence-electron chi connectivity index (χ0n) is 29.5. The molecule has 0 aliphatic heterocycles. The molecule has 0 fully saturated rings. The van der Waals surface area contributed by atoms with Gasteiger partial charge < -0.3 is 13.9 Å². The van der Waals surface area contributed by atoms with Gasteiger partial charge in [-0.2, -0.15) is 0 Å². The smallest absolute Gasteiger partial charge is 0.419 e. The molecule has 10 rings (SSSR count). The number of halogens is 1. The van der Waals surface area contributed by atoms with Crippen LogP contribution in [0.2, 0.25) is 0 Å². The maximum atomic E-state index is 14.4. The molecule has 0 bridgehead atoms. The number of para-hydroxylation sites is 6. The molecule has 5 nitrogen and oxygen atoms in total. The van der Waals surface area contributed by atoms with Crippen molar-refractivity contribution in [3.05, 3.63) is 155 Å².